The van der Waals surface area contributed by atoms with E-state index < -0.39 is 0 Å². The molecule has 2 amide bonds. The smallest absolute Gasteiger partial charge is 0.317 e. The molecule has 0 radical (unpaired) electrons. The number of carbonyl (C=O) groups excluding carboxylic acids is 1. The Balaban J connectivity index is 1.76. The number of likely N-dealkylation sites (N-methyl/N-ethyl adjacent to an activating group) is 1. The van der Waals surface area contributed by atoms with Gasteiger partial charge in [0, 0.05) is 50.8 Å². The summed E-state index contributed by atoms with van der Waals surface area (Å²) in [6, 6.07) is 1.27. The monoisotopic (exact) mass is 310 g/mol. The lowest BCUT2D eigenvalue weighted by Gasteiger charge is -2.40. The Kier molecular flexibility index (Phi) is 6.50. The van der Waals surface area contributed by atoms with E-state index in [1.54, 1.807) is 0 Å². The topological polar surface area (TPSA) is 38.8 Å². The molecule has 5 heteroatoms. The number of rotatable bonds is 4. The molecule has 5 nitrogen and oxygen atoms in total. The normalized spacial score (nSPS) is 29.4. The van der Waals surface area contributed by atoms with Gasteiger partial charge in [-0.15, -0.1) is 0 Å². The first kappa shape index (κ1) is 17.5. The molecule has 22 heavy (non-hydrogen) atoms. The molecular formula is C17H34N4O. The van der Waals surface area contributed by atoms with Gasteiger partial charge in [-0.1, -0.05) is 6.92 Å². The van der Waals surface area contributed by atoms with Crippen LogP contribution in [-0.4, -0.2) is 78.1 Å². The molecule has 128 valence electrons. The van der Waals surface area contributed by atoms with E-state index in [0.717, 1.165) is 52.1 Å². The number of piperidine rings is 1. The van der Waals surface area contributed by atoms with Crippen LogP contribution in [0.15, 0.2) is 0 Å². The lowest BCUT2D eigenvalue weighted by molar-refractivity contribution is 0.0988. The van der Waals surface area contributed by atoms with E-state index in [0.29, 0.717) is 18.1 Å². The van der Waals surface area contributed by atoms with E-state index in [2.05, 4.69) is 42.8 Å². The van der Waals surface area contributed by atoms with Crippen LogP contribution in [0.4, 0.5) is 4.79 Å². The molecule has 0 aromatic rings. The molecule has 2 aliphatic rings. The Morgan fingerprint density at radius 2 is 1.73 bits per heavy atom. The predicted octanol–water partition coefficient (Wildman–Crippen LogP) is 1.98. The Hall–Kier alpha value is -0.810. The number of likely N-dealkylation sites (tertiary alicyclic amines) is 1. The molecule has 2 aliphatic heterocycles. The van der Waals surface area contributed by atoms with Crippen LogP contribution in [0.3, 0.4) is 0 Å². The number of nitrogens with one attached hydrogen (secondary N) is 1. The zero-order valence-corrected chi connectivity index (χ0v) is 14.8. The Bertz CT molecular complexity index is 345. The van der Waals surface area contributed by atoms with Crippen LogP contribution >= 0.6 is 0 Å². The van der Waals surface area contributed by atoms with Crippen molar-refractivity contribution in [3.8, 4) is 0 Å². The minimum absolute atomic E-state index is 0.124. The minimum atomic E-state index is 0.124. The lowest BCUT2D eigenvalue weighted by atomic mass is 9.98. The van der Waals surface area contributed by atoms with Crippen molar-refractivity contribution in [1.29, 1.82) is 0 Å². The fraction of sp³-hybridized carbons (Fsp3) is 0.941. The van der Waals surface area contributed by atoms with Crippen LogP contribution in [0.5, 0.6) is 0 Å². The molecule has 0 aliphatic carbocycles. The van der Waals surface area contributed by atoms with E-state index in [9.17, 15) is 4.79 Å². The van der Waals surface area contributed by atoms with E-state index >= 15 is 0 Å². The Morgan fingerprint density at radius 1 is 1.14 bits per heavy atom. The van der Waals surface area contributed by atoms with Gasteiger partial charge >= 0.3 is 6.03 Å². The molecule has 1 N–H and O–H groups in total. The highest BCUT2D eigenvalue weighted by atomic mass is 16.2. The van der Waals surface area contributed by atoms with Crippen molar-refractivity contribution in [3.05, 3.63) is 0 Å². The second-order valence-electron chi connectivity index (χ2n) is 7.04. The summed E-state index contributed by atoms with van der Waals surface area (Å²) in [5.74, 6) is 0. The van der Waals surface area contributed by atoms with Gasteiger partial charge in [0.2, 0.25) is 0 Å². The van der Waals surface area contributed by atoms with Crippen LogP contribution in [0.25, 0.3) is 0 Å². The Labute approximate surface area is 136 Å². The lowest BCUT2D eigenvalue weighted by Crippen LogP contribution is -2.55. The fourth-order valence-electron chi connectivity index (χ4n) is 3.80. The number of nitrogens with zero attached hydrogens (tertiary/aromatic N) is 3. The number of amides is 2. The van der Waals surface area contributed by atoms with Crippen LogP contribution < -0.4 is 5.32 Å². The van der Waals surface area contributed by atoms with Crippen molar-refractivity contribution >= 4 is 6.03 Å². The van der Waals surface area contributed by atoms with Gasteiger partial charge in [0.1, 0.15) is 0 Å². The summed E-state index contributed by atoms with van der Waals surface area (Å²) in [5, 5.41) is 3.17. The summed E-state index contributed by atoms with van der Waals surface area (Å²) in [5.41, 5.74) is 0. The first-order valence-corrected chi connectivity index (χ1v) is 9.05. The zero-order chi connectivity index (χ0) is 16.1. The second-order valence-corrected chi connectivity index (χ2v) is 7.04. The molecule has 0 bridgehead atoms. The molecule has 0 spiro atoms. The molecule has 2 heterocycles. The summed E-state index contributed by atoms with van der Waals surface area (Å²) in [4.78, 5) is 19.5. The maximum absolute atomic E-state index is 12.5. The zero-order valence-electron chi connectivity index (χ0n) is 14.8. The highest BCUT2D eigenvalue weighted by molar-refractivity contribution is 5.75. The van der Waals surface area contributed by atoms with Gasteiger partial charge in [0.05, 0.1) is 0 Å². The third-order valence-electron chi connectivity index (χ3n) is 5.45. The number of urea groups is 1. The second kappa shape index (κ2) is 8.16. The molecule has 2 saturated heterocycles. The van der Waals surface area contributed by atoms with Gasteiger partial charge in [-0.05, 0) is 46.6 Å². The minimum Gasteiger partial charge on any atom is -0.336 e. The summed E-state index contributed by atoms with van der Waals surface area (Å²) >= 11 is 0. The van der Waals surface area contributed by atoms with E-state index in [-0.39, 0.29) is 6.03 Å². The van der Waals surface area contributed by atoms with Crippen LogP contribution in [0.2, 0.25) is 0 Å². The van der Waals surface area contributed by atoms with Gasteiger partial charge in [0.15, 0.2) is 0 Å². The third kappa shape index (κ3) is 4.35. The largest absolute Gasteiger partial charge is 0.336 e. The molecule has 2 rings (SSSR count). The fourth-order valence-corrected chi connectivity index (χ4v) is 3.80. The van der Waals surface area contributed by atoms with Crippen molar-refractivity contribution in [1.82, 2.24) is 20.0 Å². The van der Waals surface area contributed by atoms with E-state index in [1.807, 2.05) is 4.90 Å². The number of hydrogen-bond donors (Lipinski definition) is 1. The SMILES string of the molecule is CCN1CCN([C@H](C)CNC(=O)N2[C@H](C)CCC[C@H]2C)CC1. The highest BCUT2D eigenvalue weighted by Crippen LogP contribution is 2.22. The van der Waals surface area contributed by atoms with Gasteiger partial charge in [-0.2, -0.15) is 0 Å². The highest BCUT2D eigenvalue weighted by Gasteiger charge is 2.29. The van der Waals surface area contributed by atoms with Crippen molar-refractivity contribution < 1.29 is 4.79 Å². The quantitative estimate of drug-likeness (QED) is 0.863. The summed E-state index contributed by atoms with van der Waals surface area (Å²) in [6.45, 7) is 15.2. The number of hydrogen-bond acceptors (Lipinski definition) is 3. The van der Waals surface area contributed by atoms with Gasteiger partial charge in [-0.25, -0.2) is 4.79 Å². The first-order chi connectivity index (χ1) is 10.5. The van der Waals surface area contributed by atoms with Gasteiger partial charge in [0.25, 0.3) is 0 Å². The molecule has 0 unspecified atom stereocenters. The van der Waals surface area contributed by atoms with E-state index in [4.69, 9.17) is 0 Å². The van der Waals surface area contributed by atoms with Crippen LogP contribution in [0, 0.1) is 0 Å². The van der Waals surface area contributed by atoms with Gasteiger partial charge < -0.3 is 15.1 Å². The molecule has 0 saturated carbocycles. The summed E-state index contributed by atoms with van der Waals surface area (Å²) in [7, 11) is 0. The van der Waals surface area contributed by atoms with Crippen molar-refractivity contribution in [2.75, 3.05) is 39.3 Å². The molecule has 0 aromatic heterocycles. The molecule has 3 atom stereocenters. The Morgan fingerprint density at radius 3 is 2.27 bits per heavy atom. The molecular weight excluding hydrogens is 276 g/mol. The average Bonchev–Trinajstić information content (AvgIpc) is 2.52. The maximum atomic E-state index is 12.5. The third-order valence-corrected chi connectivity index (χ3v) is 5.45. The average molecular weight is 310 g/mol. The summed E-state index contributed by atoms with van der Waals surface area (Å²) < 4.78 is 0. The van der Waals surface area contributed by atoms with Crippen molar-refractivity contribution in [3.63, 3.8) is 0 Å². The van der Waals surface area contributed by atoms with Crippen molar-refractivity contribution in [2.24, 2.45) is 0 Å². The first-order valence-electron chi connectivity index (χ1n) is 9.05. The summed E-state index contributed by atoms with van der Waals surface area (Å²) in [6.07, 6.45) is 3.50. The number of piperazine rings is 1. The maximum Gasteiger partial charge on any atom is 0.317 e. The van der Waals surface area contributed by atoms with E-state index in [1.165, 1.54) is 6.42 Å². The standard InChI is InChI=1S/C17H34N4O/c1-5-19-9-11-20(12-10-19)16(4)13-18-17(22)21-14(2)7-6-8-15(21)3/h14-16H,5-13H2,1-4H3,(H,18,22)/t14-,15-,16-/m1/s1. The molecule has 0 aromatic carbocycles. The number of carbonyl (C=O) groups is 1. The molecule has 2 fully saturated rings. The van der Waals surface area contributed by atoms with Crippen molar-refractivity contribution in [2.45, 2.75) is 65.1 Å². The van der Waals surface area contributed by atoms with Crippen LogP contribution in [0.1, 0.15) is 47.0 Å². The van der Waals surface area contributed by atoms with Gasteiger partial charge in [-0.3, -0.25) is 4.90 Å². The predicted molar refractivity (Wildman–Crippen MR) is 91.2 cm³/mol. The van der Waals surface area contributed by atoms with Crippen LogP contribution in [-0.2, 0) is 0 Å².